The van der Waals surface area contributed by atoms with Gasteiger partial charge in [-0.25, -0.2) is 13.6 Å². The summed E-state index contributed by atoms with van der Waals surface area (Å²) in [5.74, 6) is -2.80. The maximum atomic E-state index is 14.6. The number of aromatic carboxylic acids is 1. The van der Waals surface area contributed by atoms with E-state index in [9.17, 15) is 23.5 Å². The molecule has 0 unspecified atom stereocenters. The summed E-state index contributed by atoms with van der Waals surface area (Å²) in [7, 11) is 0. The number of rotatable bonds is 5. The number of aromatic nitrogens is 1. The molecule has 0 atom stereocenters. The smallest absolute Gasteiger partial charge is 0.341 e. The molecular weight excluding hydrogens is 380 g/mol. The first-order valence-corrected chi connectivity index (χ1v) is 8.34. The lowest BCUT2D eigenvalue weighted by molar-refractivity contribution is 0.0694. The van der Waals surface area contributed by atoms with E-state index in [0.717, 1.165) is 12.3 Å². The minimum atomic E-state index is -1.43. The number of fused-ring (bicyclic) bond motifs is 1. The highest BCUT2D eigenvalue weighted by Crippen LogP contribution is 2.24. The number of halogens is 3. The molecule has 0 aliphatic carbocycles. The predicted octanol–water partition coefficient (Wildman–Crippen LogP) is 3.21. The number of benzene rings is 2. The Hall–Kier alpha value is -2.77. The average Bonchev–Trinajstić information content (AvgIpc) is 2.62. The molecule has 0 saturated heterocycles. The Bertz CT molecular complexity index is 1110. The SMILES string of the molecule is O=C(O)c1cn(CCO)c2cc(F)c(Cc3cccc(Cl)c3F)cc2c1=O. The van der Waals surface area contributed by atoms with Gasteiger partial charge >= 0.3 is 5.97 Å². The van der Waals surface area contributed by atoms with Gasteiger partial charge in [-0.15, -0.1) is 0 Å². The van der Waals surface area contributed by atoms with Crippen molar-refractivity contribution < 1.29 is 23.8 Å². The molecule has 8 heteroatoms. The number of hydrogen-bond donors (Lipinski definition) is 2. The summed E-state index contributed by atoms with van der Waals surface area (Å²) in [6, 6.07) is 6.63. The minimum Gasteiger partial charge on any atom is -0.477 e. The molecule has 3 aromatic rings. The Labute approximate surface area is 157 Å². The lowest BCUT2D eigenvalue weighted by Crippen LogP contribution is -2.20. The van der Waals surface area contributed by atoms with Gasteiger partial charge in [0.25, 0.3) is 0 Å². The van der Waals surface area contributed by atoms with Gasteiger partial charge in [0.05, 0.1) is 17.1 Å². The number of aliphatic hydroxyl groups excluding tert-OH is 1. The Balaban J connectivity index is 2.23. The Morgan fingerprint density at radius 3 is 2.59 bits per heavy atom. The van der Waals surface area contributed by atoms with E-state index in [1.54, 1.807) is 0 Å². The molecule has 0 bridgehead atoms. The van der Waals surface area contributed by atoms with Crippen LogP contribution in [0.4, 0.5) is 8.78 Å². The molecule has 1 aromatic heterocycles. The number of pyridine rings is 1. The zero-order chi connectivity index (χ0) is 19.7. The highest BCUT2D eigenvalue weighted by Gasteiger charge is 2.18. The van der Waals surface area contributed by atoms with Gasteiger partial charge in [-0.05, 0) is 29.3 Å². The topological polar surface area (TPSA) is 79.5 Å². The van der Waals surface area contributed by atoms with E-state index < -0.39 is 28.6 Å². The number of hydrogen-bond acceptors (Lipinski definition) is 3. The predicted molar refractivity (Wildman–Crippen MR) is 96.4 cm³/mol. The van der Waals surface area contributed by atoms with Crippen LogP contribution in [0.2, 0.25) is 5.02 Å². The normalized spacial score (nSPS) is 11.1. The maximum absolute atomic E-state index is 14.6. The van der Waals surface area contributed by atoms with E-state index in [1.165, 1.54) is 28.8 Å². The molecule has 2 N–H and O–H groups in total. The van der Waals surface area contributed by atoms with Gasteiger partial charge in [-0.1, -0.05) is 23.7 Å². The van der Waals surface area contributed by atoms with Gasteiger partial charge in [0.2, 0.25) is 5.43 Å². The van der Waals surface area contributed by atoms with Gasteiger partial charge in [0, 0.05) is 24.5 Å². The average molecular weight is 394 g/mol. The first-order valence-electron chi connectivity index (χ1n) is 7.96. The zero-order valence-corrected chi connectivity index (χ0v) is 14.6. The lowest BCUT2D eigenvalue weighted by atomic mass is 10.0. The Morgan fingerprint density at radius 2 is 1.93 bits per heavy atom. The van der Waals surface area contributed by atoms with E-state index in [-0.39, 0.29) is 46.6 Å². The second-order valence-corrected chi connectivity index (χ2v) is 6.35. The van der Waals surface area contributed by atoms with Gasteiger partial charge in [0.1, 0.15) is 17.2 Å². The second-order valence-electron chi connectivity index (χ2n) is 5.94. The number of carboxylic acid groups (broad SMARTS) is 1. The fourth-order valence-corrected chi connectivity index (χ4v) is 3.12. The summed E-state index contributed by atoms with van der Waals surface area (Å²) < 4.78 is 30.0. The minimum absolute atomic E-state index is 0.0151. The van der Waals surface area contributed by atoms with E-state index in [0.29, 0.717) is 0 Å². The Kier molecular flexibility index (Phi) is 5.25. The van der Waals surface area contributed by atoms with Crippen LogP contribution in [0.1, 0.15) is 21.5 Å². The van der Waals surface area contributed by atoms with Crippen molar-refractivity contribution in [1.82, 2.24) is 4.57 Å². The van der Waals surface area contributed by atoms with Crippen molar-refractivity contribution in [2.24, 2.45) is 0 Å². The largest absolute Gasteiger partial charge is 0.477 e. The highest BCUT2D eigenvalue weighted by molar-refractivity contribution is 6.30. The summed E-state index contributed by atoms with van der Waals surface area (Å²) in [5, 5.41) is 18.3. The summed E-state index contributed by atoms with van der Waals surface area (Å²) in [6.07, 6.45) is 0.907. The van der Waals surface area contributed by atoms with Crippen molar-refractivity contribution in [2.45, 2.75) is 13.0 Å². The second kappa shape index (κ2) is 7.46. The zero-order valence-electron chi connectivity index (χ0n) is 13.9. The monoisotopic (exact) mass is 393 g/mol. The van der Waals surface area contributed by atoms with Crippen molar-refractivity contribution in [1.29, 1.82) is 0 Å². The third-order valence-corrected chi connectivity index (χ3v) is 4.52. The fourth-order valence-electron chi connectivity index (χ4n) is 2.93. The van der Waals surface area contributed by atoms with Crippen LogP contribution in [0.3, 0.4) is 0 Å². The summed E-state index contributed by atoms with van der Waals surface area (Å²) in [4.78, 5) is 23.8. The lowest BCUT2D eigenvalue weighted by Gasteiger charge is -2.13. The quantitative estimate of drug-likeness (QED) is 0.697. The molecular formula is C19H14ClF2NO4. The molecule has 0 spiro atoms. The van der Waals surface area contributed by atoms with Crippen molar-refractivity contribution in [3.8, 4) is 0 Å². The van der Waals surface area contributed by atoms with E-state index in [4.69, 9.17) is 16.7 Å². The van der Waals surface area contributed by atoms with Gasteiger partial charge in [-0.2, -0.15) is 0 Å². The molecule has 0 saturated carbocycles. The van der Waals surface area contributed by atoms with Crippen LogP contribution in [-0.2, 0) is 13.0 Å². The van der Waals surface area contributed by atoms with Crippen LogP contribution in [0.5, 0.6) is 0 Å². The number of carbonyl (C=O) groups is 1. The molecule has 27 heavy (non-hydrogen) atoms. The van der Waals surface area contributed by atoms with Crippen LogP contribution in [0.15, 0.2) is 41.3 Å². The highest BCUT2D eigenvalue weighted by atomic mass is 35.5. The van der Waals surface area contributed by atoms with E-state index >= 15 is 0 Å². The molecule has 0 amide bonds. The van der Waals surface area contributed by atoms with Crippen molar-refractivity contribution in [3.63, 3.8) is 0 Å². The third-order valence-electron chi connectivity index (χ3n) is 4.23. The first-order chi connectivity index (χ1) is 12.8. The van der Waals surface area contributed by atoms with Crippen LogP contribution in [0, 0.1) is 11.6 Å². The number of nitrogens with zero attached hydrogens (tertiary/aromatic N) is 1. The molecule has 2 aromatic carbocycles. The molecule has 0 fully saturated rings. The van der Waals surface area contributed by atoms with Crippen LogP contribution < -0.4 is 5.43 Å². The Morgan fingerprint density at radius 1 is 1.19 bits per heavy atom. The van der Waals surface area contributed by atoms with Crippen molar-refractivity contribution in [3.05, 3.63) is 80.1 Å². The summed E-state index contributed by atoms with van der Waals surface area (Å²) >= 11 is 5.74. The molecule has 0 aliphatic rings. The van der Waals surface area contributed by atoms with E-state index in [1.807, 2.05) is 0 Å². The standard InChI is InChI=1S/C19H14ClF2NO4/c20-14-3-1-2-10(17(14)22)6-11-7-12-16(8-15(11)21)23(4-5-24)9-13(18(12)25)19(26)27/h1-3,7-9,24H,4-6H2,(H,26,27). The van der Waals surface area contributed by atoms with Crippen molar-refractivity contribution in [2.75, 3.05) is 6.61 Å². The van der Waals surface area contributed by atoms with Gasteiger partial charge < -0.3 is 14.8 Å². The molecule has 0 aliphatic heterocycles. The van der Waals surface area contributed by atoms with Crippen molar-refractivity contribution >= 4 is 28.5 Å². The molecule has 140 valence electrons. The van der Waals surface area contributed by atoms with Gasteiger partial charge in [-0.3, -0.25) is 4.79 Å². The van der Waals surface area contributed by atoms with Gasteiger partial charge in [0.15, 0.2) is 0 Å². The third kappa shape index (κ3) is 3.56. The van der Waals surface area contributed by atoms with Crippen LogP contribution >= 0.6 is 11.6 Å². The first kappa shape index (κ1) is 19.0. The number of aliphatic hydroxyl groups is 1. The summed E-state index contributed by atoms with van der Waals surface area (Å²) in [6.45, 7) is -0.340. The maximum Gasteiger partial charge on any atom is 0.341 e. The van der Waals surface area contributed by atoms with E-state index in [2.05, 4.69) is 0 Å². The molecule has 3 rings (SSSR count). The molecule has 0 radical (unpaired) electrons. The number of carboxylic acids is 1. The fraction of sp³-hybridized carbons (Fsp3) is 0.158. The molecule has 1 heterocycles. The van der Waals surface area contributed by atoms with Crippen LogP contribution in [-0.4, -0.2) is 27.4 Å². The summed E-state index contributed by atoms with van der Waals surface area (Å²) in [5.41, 5.74) is -0.960. The van der Waals surface area contributed by atoms with Crippen LogP contribution in [0.25, 0.3) is 10.9 Å². The molecule has 5 nitrogen and oxygen atoms in total.